The van der Waals surface area contributed by atoms with Gasteiger partial charge < -0.3 is 9.94 Å². The molecule has 19 heavy (non-hydrogen) atoms. The molecule has 0 bridgehead atoms. The van der Waals surface area contributed by atoms with Crippen molar-refractivity contribution < 1.29 is 14.7 Å². The standard InChI is InChI=1S/C15H23NO3/c1-11(10-16-18)13-7-5-12(6-8-13)9-14(17)19-15(2,3)4/h5-8,11,16,18H,9-10H2,1-4H3. The van der Waals surface area contributed by atoms with Crippen LogP contribution in [0.25, 0.3) is 0 Å². The lowest BCUT2D eigenvalue weighted by molar-refractivity contribution is -0.153. The third kappa shape index (κ3) is 5.85. The summed E-state index contributed by atoms with van der Waals surface area (Å²) in [5.74, 6) is 0.00546. The zero-order valence-electron chi connectivity index (χ0n) is 12.1. The van der Waals surface area contributed by atoms with Gasteiger partial charge in [-0.2, -0.15) is 0 Å². The minimum Gasteiger partial charge on any atom is -0.460 e. The lowest BCUT2D eigenvalue weighted by atomic mass is 9.99. The molecule has 0 saturated heterocycles. The number of hydrogen-bond donors (Lipinski definition) is 2. The van der Waals surface area contributed by atoms with E-state index in [-0.39, 0.29) is 18.3 Å². The molecule has 2 N–H and O–H groups in total. The highest BCUT2D eigenvalue weighted by Gasteiger charge is 2.16. The molecule has 4 nitrogen and oxygen atoms in total. The monoisotopic (exact) mass is 265 g/mol. The largest absolute Gasteiger partial charge is 0.460 e. The minimum absolute atomic E-state index is 0.217. The van der Waals surface area contributed by atoms with Crippen LogP contribution in [0.4, 0.5) is 0 Å². The summed E-state index contributed by atoms with van der Waals surface area (Å²) in [5.41, 5.74) is 3.77. The van der Waals surface area contributed by atoms with Crippen LogP contribution in [0.3, 0.4) is 0 Å². The Kier molecular flexibility index (Phi) is 5.51. The van der Waals surface area contributed by atoms with Crippen LogP contribution in [0.2, 0.25) is 0 Å². The van der Waals surface area contributed by atoms with Gasteiger partial charge in [0, 0.05) is 6.54 Å². The fraction of sp³-hybridized carbons (Fsp3) is 0.533. The number of carbonyl (C=O) groups is 1. The van der Waals surface area contributed by atoms with Crippen LogP contribution in [0.15, 0.2) is 24.3 Å². The average molecular weight is 265 g/mol. The van der Waals surface area contributed by atoms with Crippen LogP contribution in [-0.4, -0.2) is 23.3 Å². The van der Waals surface area contributed by atoms with Crippen LogP contribution in [0.1, 0.15) is 44.7 Å². The summed E-state index contributed by atoms with van der Waals surface area (Å²) in [7, 11) is 0. The van der Waals surface area contributed by atoms with Crippen LogP contribution >= 0.6 is 0 Å². The van der Waals surface area contributed by atoms with Crippen molar-refractivity contribution in [2.24, 2.45) is 0 Å². The highest BCUT2D eigenvalue weighted by molar-refractivity contribution is 5.73. The van der Waals surface area contributed by atoms with Crippen molar-refractivity contribution in [3.8, 4) is 0 Å². The average Bonchev–Trinajstić information content (AvgIpc) is 2.27. The number of hydroxylamine groups is 1. The van der Waals surface area contributed by atoms with Gasteiger partial charge in [0.25, 0.3) is 0 Å². The summed E-state index contributed by atoms with van der Waals surface area (Å²) in [5, 5.41) is 8.67. The second-order valence-electron chi connectivity index (χ2n) is 5.77. The van der Waals surface area contributed by atoms with E-state index in [4.69, 9.17) is 9.94 Å². The molecule has 1 aromatic rings. The Bertz CT molecular complexity index is 406. The normalized spacial score (nSPS) is 13.1. The van der Waals surface area contributed by atoms with Gasteiger partial charge in [-0.15, -0.1) is 0 Å². The lowest BCUT2D eigenvalue weighted by Gasteiger charge is -2.19. The van der Waals surface area contributed by atoms with Gasteiger partial charge in [-0.25, -0.2) is 5.48 Å². The van der Waals surface area contributed by atoms with Crippen molar-refractivity contribution in [3.05, 3.63) is 35.4 Å². The molecule has 0 aliphatic carbocycles. The minimum atomic E-state index is -0.446. The van der Waals surface area contributed by atoms with E-state index in [9.17, 15) is 4.79 Å². The molecule has 0 radical (unpaired) electrons. The summed E-state index contributed by atoms with van der Waals surface area (Å²) >= 11 is 0. The zero-order valence-corrected chi connectivity index (χ0v) is 12.1. The fourth-order valence-corrected chi connectivity index (χ4v) is 1.76. The van der Waals surface area contributed by atoms with Crippen molar-refractivity contribution in [1.82, 2.24) is 5.48 Å². The van der Waals surface area contributed by atoms with Crippen molar-refractivity contribution in [3.63, 3.8) is 0 Å². The molecule has 0 heterocycles. The van der Waals surface area contributed by atoms with Crippen molar-refractivity contribution in [2.45, 2.75) is 45.6 Å². The van der Waals surface area contributed by atoms with E-state index in [1.54, 1.807) is 0 Å². The second-order valence-corrected chi connectivity index (χ2v) is 5.77. The fourth-order valence-electron chi connectivity index (χ4n) is 1.76. The SMILES string of the molecule is CC(CNO)c1ccc(CC(=O)OC(C)(C)C)cc1. The predicted molar refractivity (Wildman–Crippen MR) is 74.2 cm³/mol. The molecule has 0 aromatic heterocycles. The molecule has 1 unspecified atom stereocenters. The van der Waals surface area contributed by atoms with Crippen molar-refractivity contribution in [1.29, 1.82) is 0 Å². The van der Waals surface area contributed by atoms with E-state index in [0.29, 0.717) is 6.54 Å². The molecular formula is C15H23NO3. The Morgan fingerprint density at radius 2 is 1.89 bits per heavy atom. The first kappa shape index (κ1) is 15.7. The summed E-state index contributed by atoms with van der Waals surface area (Å²) in [6, 6.07) is 7.80. The van der Waals surface area contributed by atoms with Gasteiger partial charge in [0.2, 0.25) is 0 Å². The van der Waals surface area contributed by atoms with E-state index in [2.05, 4.69) is 5.48 Å². The first-order chi connectivity index (χ1) is 8.81. The van der Waals surface area contributed by atoms with Gasteiger partial charge in [0.05, 0.1) is 6.42 Å². The quantitative estimate of drug-likeness (QED) is 0.635. The number of carbonyl (C=O) groups excluding carboxylic acids is 1. The highest BCUT2D eigenvalue weighted by atomic mass is 16.6. The number of rotatable bonds is 5. The molecule has 0 saturated carbocycles. The maximum atomic E-state index is 11.7. The van der Waals surface area contributed by atoms with Gasteiger partial charge in [-0.1, -0.05) is 31.2 Å². The molecule has 0 fully saturated rings. The van der Waals surface area contributed by atoms with Crippen LogP contribution < -0.4 is 5.48 Å². The summed E-state index contributed by atoms with van der Waals surface area (Å²) in [6.45, 7) is 8.10. The third-order valence-electron chi connectivity index (χ3n) is 2.71. The smallest absolute Gasteiger partial charge is 0.310 e. The Labute approximate surface area is 114 Å². The number of hydrogen-bond acceptors (Lipinski definition) is 4. The number of ether oxygens (including phenoxy) is 1. The molecule has 4 heteroatoms. The first-order valence-electron chi connectivity index (χ1n) is 6.49. The number of esters is 1. The molecule has 1 atom stereocenters. The van der Waals surface area contributed by atoms with E-state index in [0.717, 1.165) is 11.1 Å². The molecule has 0 spiro atoms. The Balaban J connectivity index is 2.59. The van der Waals surface area contributed by atoms with Crippen molar-refractivity contribution in [2.75, 3.05) is 6.54 Å². The molecule has 106 valence electrons. The number of benzene rings is 1. The van der Waals surface area contributed by atoms with Crippen LogP contribution in [0, 0.1) is 0 Å². The maximum Gasteiger partial charge on any atom is 0.310 e. The molecule has 0 aliphatic heterocycles. The molecule has 1 rings (SSSR count). The maximum absolute atomic E-state index is 11.7. The van der Waals surface area contributed by atoms with Gasteiger partial charge in [-0.05, 0) is 37.8 Å². The second kappa shape index (κ2) is 6.68. The van der Waals surface area contributed by atoms with Crippen molar-refractivity contribution >= 4 is 5.97 Å². The van der Waals surface area contributed by atoms with Crippen LogP contribution in [0.5, 0.6) is 0 Å². The molecular weight excluding hydrogens is 242 g/mol. The first-order valence-corrected chi connectivity index (χ1v) is 6.49. The van der Waals surface area contributed by atoms with Gasteiger partial charge in [0.1, 0.15) is 5.60 Å². The van der Waals surface area contributed by atoms with E-state index < -0.39 is 5.60 Å². The zero-order chi connectivity index (χ0) is 14.5. The Hall–Kier alpha value is -1.39. The number of nitrogens with one attached hydrogen (secondary N) is 1. The summed E-state index contributed by atoms with van der Waals surface area (Å²) in [4.78, 5) is 11.7. The van der Waals surface area contributed by atoms with E-state index >= 15 is 0 Å². The predicted octanol–water partition coefficient (Wildman–Crippen LogP) is 2.65. The van der Waals surface area contributed by atoms with Gasteiger partial charge in [-0.3, -0.25) is 4.79 Å². The Morgan fingerprint density at radius 1 is 1.32 bits per heavy atom. The highest BCUT2D eigenvalue weighted by Crippen LogP contribution is 2.16. The molecule has 0 amide bonds. The third-order valence-corrected chi connectivity index (χ3v) is 2.71. The summed E-state index contributed by atoms with van der Waals surface area (Å²) < 4.78 is 5.28. The Morgan fingerprint density at radius 3 is 2.37 bits per heavy atom. The molecule has 1 aromatic carbocycles. The van der Waals surface area contributed by atoms with E-state index in [1.807, 2.05) is 52.0 Å². The van der Waals surface area contributed by atoms with Gasteiger partial charge >= 0.3 is 5.97 Å². The summed E-state index contributed by atoms with van der Waals surface area (Å²) in [6.07, 6.45) is 0.282. The molecule has 0 aliphatic rings. The lowest BCUT2D eigenvalue weighted by Crippen LogP contribution is -2.24. The van der Waals surface area contributed by atoms with Gasteiger partial charge in [0.15, 0.2) is 0 Å². The topological polar surface area (TPSA) is 58.6 Å². The van der Waals surface area contributed by atoms with E-state index in [1.165, 1.54) is 0 Å². The van der Waals surface area contributed by atoms with Crippen LogP contribution in [-0.2, 0) is 16.0 Å².